The molecule has 0 saturated heterocycles. The number of rotatable bonds is 5. The van der Waals surface area contributed by atoms with Crippen molar-refractivity contribution in [3.63, 3.8) is 0 Å². The number of pyridine rings is 1. The van der Waals surface area contributed by atoms with E-state index in [9.17, 15) is 10.1 Å². The quantitative estimate of drug-likeness (QED) is 0.677. The zero-order valence-electron chi connectivity index (χ0n) is 13.3. The molecule has 116 valence electrons. The maximum Gasteiger partial charge on any atom is 0.290 e. The summed E-state index contributed by atoms with van der Waals surface area (Å²) in [5.74, 6) is 0.638. The molecular formula is C16H20N4O2. The van der Waals surface area contributed by atoms with Crippen LogP contribution in [0.1, 0.15) is 16.7 Å². The minimum absolute atomic E-state index is 0.0390. The molecule has 0 unspecified atom stereocenters. The van der Waals surface area contributed by atoms with Gasteiger partial charge in [-0.15, -0.1) is 0 Å². The van der Waals surface area contributed by atoms with E-state index in [1.54, 1.807) is 13.0 Å². The van der Waals surface area contributed by atoms with Gasteiger partial charge in [0.2, 0.25) is 0 Å². The number of aryl methyl sites for hydroxylation is 2. The Morgan fingerprint density at radius 3 is 2.50 bits per heavy atom. The van der Waals surface area contributed by atoms with Crippen molar-refractivity contribution < 1.29 is 4.92 Å². The van der Waals surface area contributed by atoms with Crippen molar-refractivity contribution in [3.05, 3.63) is 57.3 Å². The Kier molecular flexibility index (Phi) is 4.60. The highest BCUT2D eigenvalue weighted by atomic mass is 16.6. The SMILES string of the molecule is Cc1cc(N(C)C)ccc1CNc1cc(C)c([N+](=O)[O-])cn1. The predicted octanol–water partition coefficient (Wildman–Crippen LogP) is 3.28. The molecule has 1 aromatic carbocycles. The highest BCUT2D eigenvalue weighted by Gasteiger charge is 2.11. The lowest BCUT2D eigenvalue weighted by Gasteiger charge is -2.15. The molecule has 0 aliphatic rings. The molecule has 2 rings (SSSR count). The Hall–Kier alpha value is -2.63. The van der Waals surface area contributed by atoms with Crippen molar-refractivity contribution in [2.24, 2.45) is 0 Å². The van der Waals surface area contributed by atoms with Gasteiger partial charge in [-0.05, 0) is 43.2 Å². The van der Waals surface area contributed by atoms with Gasteiger partial charge in [-0.25, -0.2) is 4.98 Å². The fourth-order valence-corrected chi connectivity index (χ4v) is 2.18. The minimum atomic E-state index is -0.420. The van der Waals surface area contributed by atoms with Crippen LogP contribution in [0.2, 0.25) is 0 Å². The number of benzene rings is 1. The van der Waals surface area contributed by atoms with Crippen LogP contribution in [0.25, 0.3) is 0 Å². The molecule has 22 heavy (non-hydrogen) atoms. The molecule has 6 nitrogen and oxygen atoms in total. The number of aromatic nitrogens is 1. The van der Waals surface area contributed by atoms with Gasteiger partial charge in [0.25, 0.3) is 5.69 Å². The first-order valence-electron chi connectivity index (χ1n) is 7.00. The predicted molar refractivity (Wildman–Crippen MR) is 88.5 cm³/mol. The van der Waals surface area contributed by atoms with Gasteiger partial charge in [0, 0.05) is 31.9 Å². The second-order valence-corrected chi connectivity index (χ2v) is 5.47. The highest BCUT2D eigenvalue weighted by molar-refractivity contribution is 5.51. The zero-order chi connectivity index (χ0) is 16.3. The van der Waals surface area contributed by atoms with Crippen molar-refractivity contribution >= 4 is 17.2 Å². The van der Waals surface area contributed by atoms with Crippen molar-refractivity contribution in [1.29, 1.82) is 0 Å². The first-order valence-corrected chi connectivity index (χ1v) is 7.00. The smallest absolute Gasteiger partial charge is 0.290 e. The van der Waals surface area contributed by atoms with Crippen LogP contribution in [0.3, 0.4) is 0 Å². The van der Waals surface area contributed by atoms with E-state index in [2.05, 4.69) is 40.3 Å². The summed E-state index contributed by atoms with van der Waals surface area (Å²) in [6.45, 7) is 4.41. The molecule has 0 aliphatic carbocycles. The first kappa shape index (κ1) is 15.8. The van der Waals surface area contributed by atoms with E-state index >= 15 is 0 Å². The van der Waals surface area contributed by atoms with E-state index in [0.717, 1.165) is 5.69 Å². The molecule has 0 amide bonds. The number of hydrogen-bond acceptors (Lipinski definition) is 5. The molecule has 0 atom stereocenters. The van der Waals surface area contributed by atoms with Crippen molar-refractivity contribution in [2.45, 2.75) is 20.4 Å². The van der Waals surface area contributed by atoms with Gasteiger partial charge < -0.3 is 10.2 Å². The van der Waals surface area contributed by atoms with Crippen LogP contribution in [0.5, 0.6) is 0 Å². The summed E-state index contributed by atoms with van der Waals surface area (Å²) in [5, 5.41) is 14.0. The van der Waals surface area contributed by atoms with Gasteiger partial charge in [-0.3, -0.25) is 10.1 Å². The Balaban J connectivity index is 2.10. The topological polar surface area (TPSA) is 71.3 Å². The summed E-state index contributed by atoms with van der Waals surface area (Å²) in [4.78, 5) is 16.5. The van der Waals surface area contributed by atoms with Crippen LogP contribution >= 0.6 is 0 Å². The number of nitro groups is 1. The molecule has 1 heterocycles. The van der Waals surface area contributed by atoms with Gasteiger partial charge >= 0.3 is 0 Å². The van der Waals surface area contributed by atoms with Gasteiger partial charge in [-0.2, -0.15) is 0 Å². The molecule has 6 heteroatoms. The van der Waals surface area contributed by atoms with Crippen LogP contribution in [0, 0.1) is 24.0 Å². The summed E-state index contributed by atoms with van der Waals surface area (Å²) in [6, 6.07) is 7.97. The third-order valence-electron chi connectivity index (χ3n) is 3.58. The molecule has 1 aromatic heterocycles. The lowest BCUT2D eigenvalue weighted by Crippen LogP contribution is -2.10. The van der Waals surface area contributed by atoms with Crippen LogP contribution in [-0.2, 0) is 6.54 Å². The number of nitrogens with zero attached hydrogens (tertiary/aromatic N) is 3. The Morgan fingerprint density at radius 1 is 1.23 bits per heavy atom. The first-order chi connectivity index (χ1) is 10.4. The monoisotopic (exact) mass is 300 g/mol. The zero-order valence-corrected chi connectivity index (χ0v) is 13.3. The van der Waals surface area contributed by atoms with Gasteiger partial charge in [0.1, 0.15) is 12.0 Å². The molecule has 0 saturated carbocycles. The van der Waals surface area contributed by atoms with E-state index in [1.165, 1.54) is 17.3 Å². The molecule has 1 N–H and O–H groups in total. The van der Waals surface area contributed by atoms with Gasteiger partial charge in [0.15, 0.2) is 0 Å². The minimum Gasteiger partial charge on any atom is -0.378 e. The van der Waals surface area contributed by atoms with Crippen molar-refractivity contribution in [3.8, 4) is 0 Å². The van der Waals surface area contributed by atoms with Crippen molar-refractivity contribution in [1.82, 2.24) is 4.98 Å². The maximum atomic E-state index is 10.8. The normalized spacial score (nSPS) is 10.4. The van der Waals surface area contributed by atoms with Gasteiger partial charge in [-0.1, -0.05) is 6.07 Å². The fourth-order valence-electron chi connectivity index (χ4n) is 2.18. The second-order valence-electron chi connectivity index (χ2n) is 5.47. The molecule has 0 radical (unpaired) electrons. The Bertz CT molecular complexity index is 699. The van der Waals surface area contributed by atoms with E-state index in [4.69, 9.17) is 0 Å². The molecule has 0 spiro atoms. The number of nitrogens with one attached hydrogen (secondary N) is 1. The molecule has 0 fully saturated rings. The summed E-state index contributed by atoms with van der Waals surface area (Å²) in [7, 11) is 4.02. The lowest BCUT2D eigenvalue weighted by molar-refractivity contribution is -0.385. The molecule has 0 bridgehead atoms. The average Bonchev–Trinajstić information content (AvgIpc) is 2.45. The van der Waals surface area contributed by atoms with Crippen LogP contribution in [0.15, 0.2) is 30.5 Å². The highest BCUT2D eigenvalue weighted by Crippen LogP contribution is 2.21. The van der Waals surface area contributed by atoms with E-state index in [1.807, 2.05) is 14.1 Å². The van der Waals surface area contributed by atoms with E-state index in [0.29, 0.717) is 17.9 Å². The van der Waals surface area contributed by atoms with E-state index in [-0.39, 0.29) is 5.69 Å². The fraction of sp³-hybridized carbons (Fsp3) is 0.312. The van der Waals surface area contributed by atoms with Crippen LogP contribution in [-0.4, -0.2) is 24.0 Å². The summed E-state index contributed by atoms with van der Waals surface area (Å²) >= 11 is 0. The van der Waals surface area contributed by atoms with Crippen LogP contribution in [0.4, 0.5) is 17.2 Å². The van der Waals surface area contributed by atoms with Crippen molar-refractivity contribution in [2.75, 3.05) is 24.3 Å². The second kappa shape index (κ2) is 6.43. The largest absolute Gasteiger partial charge is 0.378 e. The van der Waals surface area contributed by atoms with E-state index < -0.39 is 4.92 Å². The average molecular weight is 300 g/mol. The Labute approximate surface area is 129 Å². The van der Waals surface area contributed by atoms with Crippen LogP contribution < -0.4 is 10.2 Å². The summed E-state index contributed by atoms with van der Waals surface area (Å²) in [5.41, 5.74) is 4.16. The van der Waals surface area contributed by atoms with Gasteiger partial charge in [0.05, 0.1) is 4.92 Å². The Morgan fingerprint density at radius 2 is 1.95 bits per heavy atom. The maximum absolute atomic E-state index is 10.8. The lowest BCUT2D eigenvalue weighted by atomic mass is 10.1. The molecule has 2 aromatic rings. The molecule has 0 aliphatic heterocycles. The summed E-state index contributed by atoms with van der Waals surface area (Å²) in [6.07, 6.45) is 1.29. The number of hydrogen-bond donors (Lipinski definition) is 1. The molecular weight excluding hydrogens is 280 g/mol. The number of anilines is 2. The third-order valence-corrected chi connectivity index (χ3v) is 3.58. The summed E-state index contributed by atoms with van der Waals surface area (Å²) < 4.78 is 0. The third kappa shape index (κ3) is 3.52. The standard InChI is InChI=1S/C16H20N4O2/c1-11-7-14(19(3)4)6-5-13(11)9-17-16-8-12(2)15(10-18-16)20(21)22/h5-8,10H,9H2,1-4H3,(H,17,18).